The van der Waals surface area contributed by atoms with Crippen molar-refractivity contribution in [2.75, 3.05) is 4.72 Å². The second-order valence-corrected chi connectivity index (χ2v) is 10.4. The number of ether oxygens (including phenoxy) is 1. The first-order valence-corrected chi connectivity index (χ1v) is 12.8. The van der Waals surface area contributed by atoms with E-state index in [0.717, 1.165) is 39.4 Å². The summed E-state index contributed by atoms with van der Waals surface area (Å²) in [5.74, 6) is 1.58. The summed E-state index contributed by atoms with van der Waals surface area (Å²) in [6.07, 6.45) is 0. The molecule has 0 radical (unpaired) electrons. The molecule has 0 unspecified atom stereocenters. The molecule has 35 heavy (non-hydrogen) atoms. The molecule has 2 heterocycles. The molecule has 0 saturated heterocycles. The zero-order valence-electron chi connectivity index (χ0n) is 20.8. The summed E-state index contributed by atoms with van der Waals surface area (Å²) in [5.41, 5.74) is 6.92. The highest BCUT2D eigenvalue weighted by Gasteiger charge is 2.23. The predicted molar refractivity (Wildman–Crippen MR) is 136 cm³/mol. The first-order chi connectivity index (χ1) is 16.6. The molecule has 0 aliphatic heterocycles. The highest BCUT2D eigenvalue weighted by Crippen LogP contribution is 2.32. The Bertz CT molecular complexity index is 1510. The second kappa shape index (κ2) is 9.54. The number of nitrogens with zero attached hydrogens (tertiary/aromatic N) is 2. The molecular formula is C27H29N3O4S. The Balaban J connectivity index is 1.62. The number of hydrogen-bond acceptors (Lipinski definition) is 6. The molecule has 0 spiro atoms. The van der Waals surface area contributed by atoms with Crippen LogP contribution < -0.4 is 9.46 Å². The summed E-state index contributed by atoms with van der Waals surface area (Å²) >= 11 is 0. The van der Waals surface area contributed by atoms with Gasteiger partial charge in [-0.15, -0.1) is 0 Å². The van der Waals surface area contributed by atoms with E-state index in [1.165, 1.54) is 0 Å². The van der Waals surface area contributed by atoms with Crippen LogP contribution in [0.5, 0.6) is 5.75 Å². The fourth-order valence-corrected chi connectivity index (χ4v) is 5.18. The number of rotatable bonds is 7. The van der Waals surface area contributed by atoms with Gasteiger partial charge in [0.1, 0.15) is 18.1 Å². The molecule has 1 N–H and O–H groups in total. The van der Waals surface area contributed by atoms with Crippen molar-refractivity contribution >= 4 is 15.8 Å². The van der Waals surface area contributed by atoms with E-state index in [-0.39, 0.29) is 10.7 Å². The molecule has 0 atom stereocenters. The number of sulfonamides is 1. The van der Waals surface area contributed by atoms with Gasteiger partial charge in [-0.05, 0) is 64.3 Å². The van der Waals surface area contributed by atoms with Crippen LogP contribution in [0.15, 0.2) is 57.9 Å². The lowest BCUT2D eigenvalue weighted by atomic mass is 9.98. The van der Waals surface area contributed by atoms with Crippen molar-refractivity contribution in [2.45, 2.75) is 53.0 Å². The molecule has 0 aliphatic rings. The molecule has 0 saturated carbocycles. The van der Waals surface area contributed by atoms with E-state index in [1.54, 1.807) is 32.0 Å². The van der Waals surface area contributed by atoms with E-state index in [2.05, 4.69) is 14.9 Å². The van der Waals surface area contributed by atoms with Gasteiger partial charge in [0.15, 0.2) is 5.82 Å². The molecule has 0 bridgehead atoms. The molecule has 7 nitrogen and oxygen atoms in total. The van der Waals surface area contributed by atoms with E-state index in [1.807, 2.05) is 58.0 Å². The summed E-state index contributed by atoms with van der Waals surface area (Å²) in [5, 5.41) is 3.84. The maximum absolute atomic E-state index is 13.3. The first kappa shape index (κ1) is 24.5. The summed E-state index contributed by atoms with van der Waals surface area (Å²) < 4.78 is 40.3. The number of pyridine rings is 1. The minimum absolute atomic E-state index is 0.172. The van der Waals surface area contributed by atoms with E-state index >= 15 is 0 Å². The highest BCUT2D eigenvalue weighted by atomic mass is 32.2. The Morgan fingerprint density at radius 3 is 2.34 bits per heavy atom. The topological polar surface area (TPSA) is 94.3 Å². The maximum atomic E-state index is 13.3. The lowest BCUT2D eigenvalue weighted by Gasteiger charge is -2.15. The molecule has 0 amide bonds. The van der Waals surface area contributed by atoms with Gasteiger partial charge in [0.25, 0.3) is 10.0 Å². The molecule has 2 aromatic carbocycles. The monoisotopic (exact) mass is 491 g/mol. The quantitative estimate of drug-likeness (QED) is 0.342. The van der Waals surface area contributed by atoms with E-state index in [0.29, 0.717) is 23.5 Å². The van der Waals surface area contributed by atoms with Crippen LogP contribution in [0.4, 0.5) is 5.82 Å². The van der Waals surface area contributed by atoms with Crippen LogP contribution in [0.25, 0.3) is 11.1 Å². The van der Waals surface area contributed by atoms with Crippen molar-refractivity contribution in [1.29, 1.82) is 0 Å². The van der Waals surface area contributed by atoms with E-state index in [4.69, 9.17) is 9.26 Å². The summed E-state index contributed by atoms with van der Waals surface area (Å²) in [6, 6.07) is 14.8. The summed E-state index contributed by atoms with van der Waals surface area (Å²) in [4.78, 5) is 4.64. The van der Waals surface area contributed by atoms with Gasteiger partial charge in [0, 0.05) is 34.1 Å². The van der Waals surface area contributed by atoms with Crippen LogP contribution in [0.2, 0.25) is 0 Å². The van der Waals surface area contributed by atoms with Gasteiger partial charge < -0.3 is 9.26 Å². The Morgan fingerprint density at radius 1 is 0.914 bits per heavy atom. The Hall–Kier alpha value is -3.65. The standard InChI is InChI=1S/C27H29N3O4S/c1-16-13-22(15-33-25-14-17(2)28-20(5)18(25)3)11-12-23(16)24-9-7-8-10-26(24)35(31,32)30-27-19(4)21(6)34-29-27/h7-14H,15H2,1-6H3,(H,29,30). The third-order valence-electron chi connectivity index (χ3n) is 6.14. The first-order valence-electron chi connectivity index (χ1n) is 11.3. The smallest absolute Gasteiger partial charge is 0.263 e. The average Bonchev–Trinajstić information content (AvgIpc) is 3.12. The number of benzene rings is 2. The largest absolute Gasteiger partial charge is 0.488 e. The molecule has 4 aromatic rings. The minimum atomic E-state index is -3.89. The van der Waals surface area contributed by atoms with Crippen LogP contribution >= 0.6 is 0 Å². The Morgan fingerprint density at radius 2 is 1.66 bits per heavy atom. The van der Waals surface area contributed by atoms with Gasteiger partial charge in [-0.3, -0.25) is 9.71 Å². The minimum Gasteiger partial charge on any atom is -0.488 e. The van der Waals surface area contributed by atoms with Crippen LogP contribution in [-0.4, -0.2) is 18.6 Å². The van der Waals surface area contributed by atoms with Crippen molar-refractivity contribution in [3.8, 4) is 16.9 Å². The van der Waals surface area contributed by atoms with Crippen molar-refractivity contribution in [3.05, 3.63) is 87.9 Å². The lowest BCUT2D eigenvalue weighted by Crippen LogP contribution is -2.15. The normalized spacial score (nSPS) is 11.5. The highest BCUT2D eigenvalue weighted by molar-refractivity contribution is 7.92. The van der Waals surface area contributed by atoms with Crippen LogP contribution in [0.3, 0.4) is 0 Å². The van der Waals surface area contributed by atoms with Crippen molar-refractivity contribution in [3.63, 3.8) is 0 Å². The Labute approximate surface area is 206 Å². The summed E-state index contributed by atoms with van der Waals surface area (Å²) in [7, 11) is -3.89. The van der Waals surface area contributed by atoms with Gasteiger partial charge in [-0.2, -0.15) is 0 Å². The van der Waals surface area contributed by atoms with Crippen LogP contribution in [0, 0.1) is 41.5 Å². The van der Waals surface area contributed by atoms with Crippen molar-refractivity contribution in [2.24, 2.45) is 0 Å². The number of nitrogens with one attached hydrogen (secondary N) is 1. The van der Waals surface area contributed by atoms with E-state index in [9.17, 15) is 8.42 Å². The molecule has 0 fully saturated rings. The van der Waals surface area contributed by atoms with E-state index < -0.39 is 10.0 Å². The van der Waals surface area contributed by atoms with Crippen molar-refractivity contribution in [1.82, 2.24) is 10.1 Å². The second-order valence-electron chi connectivity index (χ2n) is 8.72. The van der Waals surface area contributed by atoms with Crippen molar-refractivity contribution < 1.29 is 17.7 Å². The summed E-state index contributed by atoms with van der Waals surface area (Å²) in [6.45, 7) is 11.8. The number of aryl methyl sites for hydroxylation is 4. The van der Waals surface area contributed by atoms with Crippen LogP contribution in [-0.2, 0) is 16.6 Å². The SMILES string of the molecule is Cc1cc(OCc2ccc(-c3ccccc3S(=O)(=O)Nc3noc(C)c3C)c(C)c2)c(C)c(C)n1. The zero-order valence-corrected chi connectivity index (χ0v) is 21.6. The Kier molecular flexibility index (Phi) is 6.67. The van der Waals surface area contributed by atoms with Gasteiger partial charge in [-0.1, -0.05) is 41.6 Å². The average molecular weight is 492 g/mol. The molecule has 2 aromatic heterocycles. The fraction of sp³-hybridized carbons (Fsp3) is 0.259. The van der Waals surface area contributed by atoms with Gasteiger partial charge >= 0.3 is 0 Å². The third-order valence-corrected chi connectivity index (χ3v) is 7.53. The van der Waals surface area contributed by atoms with Gasteiger partial charge in [0.05, 0.1) is 4.90 Å². The number of anilines is 1. The van der Waals surface area contributed by atoms with Crippen LogP contribution in [0.1, 0.15) is 39.4 Å². The zero-order chi connectivity index (χ0) is 25.3. The molecule has 4 rings (SSSR count). The number of aromatic nitrogens is 2. The van der Waals surface area contributed by atoms with Gasteiger partial charge in [-0.25, -0.2) is 8.42 Å². The van der Waals surface area contributed by atoms with Gasteiger partial charge in [0.2, 0.25) is 0 Å². The predicted octanol–water partition coefficient (Wildman–Crippen LogP) is 5.97. The molecule has 182 valence electrons. The number of hydrogen-bond donors (Lipinski definition) is 1. The fourth-order valence-electron chi connectivity index (χ4n) is 3.90. The maximum Gasteiger partial charge on any atom is 0.263 e. The molecule has 0 aliphatic carbocycles. The third kappa shape index (κ3) is 5.07. The lowest BCUT2D eigenvalue weighted by molar-refractivity contribution is 0.303. The molecular weight excluding hydrogens is 462 g/mol. The molecule has 8 heteroatoms.